The molecule has 2 fully saturated rings. The summed E-state index contributed by atoms with van der Waals surface area (Å²) in [5.74, 6) is 0. The Morgan fingerprint density at radius 2 is 2.56 bits per heavy atom. The maximum absolute atomic E-state index is 11.8. The lowest BCUT2D eigenvalue weighted by Crippen LogP contribution is -2.40. The number of nitrogens with one attached hydrogen (secondary N) is 2. The first kappa shape index (κ1) is 11.9. The number of piperidine rings is 1. The third-order valence-electron chi connectivity index (χ3n) is 3.95. The van der Waals surface area contributed by atoms with Crippen LogP contribution in [0.3, 0.4) is 0 Å². The molecule has 1 aliphatic carbocycles. The molecule has 2 atom stereocenters. The third kappa shape index (κ3) is 2.35. The van der Waals surface area contributed by atoms with E-state index in [4.69, 9.17) is 0 Å². The normalized spacial score (nSPS) is 31.3. The van der Waals surface area contributed by atoms with Gasteiger partial charge in [0.25, 0.3) is 0 Å². The smallest absolute Gasteiger partial charge is 0.321 e. The molecule has 0 aromatic carbocycles. The minimum Gasteiger partial charge on any atom is -0.334 e. The summed E-state index contributed by atoms with van der Waals surface area (Å²) in [5, 5.41) is 8.34. The van der Waals surface area contributed by atoms with Crippen molar-refractivity contribution >= 4 is 22.5 Å². The van der Waals surface area contributed by atoms with Crippen LogP contribution in [0.1, 0.15) is 19.3 Å². The summed E-state index contributed by atoms with van der Waals surface area (Å²) in [6, 6.07) is 0.209. The Labute approximate surface area is 111 Å². The molecule has 18 heavy (non-hydrogen) atoms. The van der Waals surface area contributed by atoms with E-state index in [1.165, 1.54) is 30.7 Å². The second-order valence-electron chi connectivity index (χ2n) is 5.40. The average molecular weight is 266 g/mol. The lowest BCUT2D eigenvalue weighted by atomic mass is 9.94. The minimum absolute atomic E-state index is 0.125. The number of urea groups is 1. The fourth-order valence-corrected chi connectivity index (χ4v) is 3.50. The zero-order chi connectivity index (χ0) is 12.6. The number of rotatable bonds is 2. The summed E-state index contributed by atoms with van der Waals surface area (Å²) >= 11 is 1.43. The maximum atomic E-state index is 11.8. The van der Waals surface area contributed by atoms with Gasteiger partial charge in [-0.05, 0) is 32.9 Å². The molecule has 1 saturated heterocycles. The number of hydrogen-bond donors (Lipinski definition) is 2. The van der Waals surface area contributed by atoms with Crippen molar-refractivity contribution in [2.75, 3.05) is 25.5 Å². The summed E-state index contributed by atoms with van der Waals surface area (Å²) < 4.78 is 0. The Hall–Kier alpha value is -1.14. The highest BCUT2D eigenvalue weighted by molar-refractivity contribution is 7.13. The van der Waals surface area contributed by atoms with Gasteiger partial charge >= 0.3 is 6.03 Å². The summed E-state index contributed by atoms with van der Waals surface area (Å²) in [6.07, 6.45) is 5.28. The van der Waals surface area contributed by atoms with E-state index in [1.807, 2.05) is 5.38 Å². The summed E-state index contributed by atoms with van der Waals surface area (Å²) in [5.41, 5.74) is 0.340. The number of likely N-dealkylation sites (tertiary alicyclic amines) is 1. The Kier molecular flexibility index (Phi) is 2.99. The number of hydrogen-bond acceptors (Lipinski definition) is 4. The van der Waals surface area contributed by atoms with Crippen molar-refractivity contribution in [3.05, 3.63) is 11.6 Å². The largest absolute Gasteiger partial charge is 0.334 e. The second kappa shape index (κ2) is 4.51. The number of amides is 2. The second-order valence-corrected chi connectivity index (χ2v) is 6.29. The fraction of sp³-hybridized carbons (Fsp3) is 0.667. The monoisotopic (exact) mass is 266 g/mol. The van der Waals surface area contributed by atoms with Crippen LogP contribution in [-0.2, 0) is 0 Å². The summed E-state index contributed by atoms with van der Waals surface area (Å²) in [4.78, 5) is 18.2. The van der Waals surface area contributed by atoms with E-state index in [1.54, 1.807) is 6.20 Å². The molecule has 2 N–H and O–H groups in total. The predicted octanol–water partition coefficient (Wildman–Crippen LogP) is 1.75. The van der Waals surface area contributed by atoms with Gasteiger partial charge in [-0.25, -0.2) is 9.78 Å². The molecule has 2 unspecified atom stereocenters. The van der Waals surface area contributed by atoms with Crippen LogP contribution in [0, 0.1) is 5.41 Å². The molecule has 98 valence electrons. The van der Waals surface area contributed by atoms with Crippen molar-refractivity contribution in [2.45, 2.75) is 25.3 Å². The maximum Gasteiger partial charge on any atom is 0.321 e. The molecule has 5 nitrogen and oxygen atoms in total. The quantitative estimate of drug-likeness (QED) is 0.857. The molecule has 1 aliphatic heterocycles. The lowest BCUT2D eigenvalue weighted by Gasteiger charge is -2.30. The van der Waals surface area contributed by atoms with E-state index in [2.05, 4.69) is 27.6 Å². The van der Waals surface area contributed by atoms with Gasteiger partial charge in [0, 0.05) is 29.6 Å². The number of aromatic nitrogens is 1. The summed E-state index contributed by atoms with van der Waals surface area (Å²) in [7, 11) is 2.16. The molecule has 1 aromatic rings. The van der Waals surface area contributed by atoms with Crippen LogP contribution in [0.5, 0.6) is 0 Å². The van der Waals surface area contributed by atoms with Gasteiger partial charge in [0.15, 0.2) is 5.13 Å². The molecule has 1 saturated carbocycles. The molecule has 2 heterocycles. The van der Waals surface area contributed by atoms with Crippen molar-refractivity contribution in [1.29, 1.82) is 0 Å². The van der Waals surface area contributed by atoms with Gasteiger partial charge in [0.2, 0.25) is 0 Å². The zero-order valence-corrected chi connectivity index (χ0v) is 11.3. The van der Waals surface area contributed by atoms with Crippen LogP contribution >= 0.6 is 11.3 Å². The van der Waals surface area contributed by atoms with E-state index in [9.17, 15) is 4.79 Å². The highest BCUT2D eigenvalue weighted by Gasteiger charge is 2.55. The highest BCUT2D eigenvalue weighted by atomic mass is 32.1. The first-order valence-corrected chi connectivity index (χ1v) is 7.21. The van der Waals surface area contributed by atoms with Crippen LogP contribution in [0.4, 0.5) is 9.93 Å². The molecule has 1 aromatic heterocycles. The first-order chi connectivity index (χ1) is 8.68. The van der Waals surface area contributed by atoms with Crippen LogP contribution < -0.4 is 10.6 Å². The minimum atomic E-state index is -0.125. The standard InChI is InChI=1S/C12H18N4OS/c1-16-5-2-3-12(8-16)7-9(12)14-10(17)15-11-13-4-6-18-11/h4,6,9H,2-3,5,7-8H2,1H3,(H2,13,14,15,17). The lowest BCUT2D eigenvalue weighted by molar-refractivity contribution is 0.185. The van der Waals surface area contributed by atoms with E-state index in [0.29, 0.717) is 16.6 Å². The fourth-order valence-electron chi connectivity index (χ4n) is 2.98. The third-order valence-corrected chi connectivity index (χ3v) is 4.64. The first-order valence-electron chi connectivity index (χ1n) is 6.34. The molecule has 2 amide bonds. The number of carbonyl (C=O) groups is 1. The van der Waals surface area contributed by atoms with Crippen molar-refractivity contribution in [3.63, 3.8) is 0 Å². The van der Waals surface area contributed by atoms with Gasteiger partial charge < -0.3 is 10.2 Å². The van der Waals surface area contributed by atoms with Crippen LogP contribution in [-0.4, -0.2) is 42.1 Å². The number of thiazole rings is 1. The highest BCUT2D eigenvalue weighted by Crippen LogP contribution is 2.52. The molecule has 2 aliphatic rings. The Balaban J connectivity index is 1.51. The SMILES string of the molecule is CN1CCCC2(CC2NC(=O)Nc2nccs2)C1. The Morgan fingerprint density at radius 1 is 1.67 bits per heavy atom. The number of nitrogens with zero attached hydrogens (tertiary/aromatic N) is 2. The average Bonchev–Trinajstić information content (AvgIpc) is 2.76. The molecule has 0 bridgehead atoms. The Morgan fingerprint density at radius 3 is 3.28 bits per heavy atom. The van der Waals surface area contributed by atoms with Gasteiger partial charge in [0.1, 0.15) is 0 Å². The van der Waals surface area contributed by atoms with Crippen molar-refractivity contribution < 1.29 is 4.79 Å². The van der Waals surface area contributed by atoms with Crippen molar-refractivity contribution in [3.8, 4) is 0 Å². The van der Waals surface area contributed by atoms with E-state index in [-0.39, 0.29) is 6.03 Å². The van der Waals surface area contributed by atoms with Gasteiger partial charge in [-0.1, -0.05) is 0 Å². The molecule has 3 rings (SSSR count). The van der Waals surface area contributed by atoms with Crippen molar-refractivity contribution in [1.82, 2.24) is 15.2 Å². The topological polar surface area (TPSA) is 57.3 Å². The van der Waals surface area contributed by atoms with E-state index < -0.39 is 0 Å². The van der Waals surface area contributed by atoms with Crippen LogP contribution in [0.25, 0.3) is 0 Å². The van der Waals surface area contributed by atoms with E-state index >= 15 is 0 Å². The molecule has 0 radical (unpaired) electrons. The molecule has 1 spiro atoms. The van der Waals surface area contributed by atoms with Crippen molar-refractivity contribution in [2.24, 2.45) is 5.41 Å². The molecular formula is C12H18N4OS. The van der Waals surface area contributed by atoms with E-state index in [0.717, 1.165) is 13.0 Å². The van der Waals surface area contributed by atoms with Gasteiger partial charge in [-0.15, -0.1) is 11.3 Å². The predicted molar refractivity (Wildman–Crippen MR) is 71.8 cm³/mol. The van der Waals surface area contributed by atoms with Crippen LogP contribution in [0.2, 0.25) is 0 Å². The van der Waals surface area contributed by atoms with Gasteiger partial charge in [-0.3, -0.25) is 5.32 Å². The zero-order valence-electron chi connectivity index (χ0n) is 10.5. The Bertz CT molecular complexity index is 435. The van der Waals surface area contributed by atoms with Gasteiger partial charge in [0.05, 0.1) is 0 Å². The molecule has 6 heteroatoms. The molecular weight excluding hydrogens is 248 g/mol. The van der Waals surface area contributed by atoms with Gasteiger partial charge in [-0.2, -0.15) is 0 Å². The van der Waals surface area contributed by atoms with Crippen LogP contribution in [0.15, 0.2) is 11.6 Å². The summed E-state index contributed by atoms with van der Waals surface area (Å²) in [6.45, 7) is 2.29. The number of anilines is 1. The number of carbonyl (C=O) groups excluding carboxylic acids is 1.